The highest BCUT2D eigenvalue weighted by atomic mass is 35.5. The largest absolute Gasteiger partial charge is 1.00 e. The van der Waals surface area contributed by atoms with E-state index in [0.29, 0.717) is 77.8 Å². The molecule has 8 nitrogen and oxygen atoms in total. The summed E-state index contributed by atoms with van der Waals surface area (Å²) in [6.07, 6.45) is 14.5. The van der Waals surface area contributed by atoms with Crippen LogP contribution >= 0.6 is 23.2 Å². The van der Waals surface area contributed by atoms with Crippen LogP contribution in [0.1, 0.15) is 48.2 Å². The van der Waals surface area contributed by atoms with Crippen molar-refractivity contribution in [2.45, 2.75) is 64.5 Å². The van der Waals surface area contributed by atoms with E-state index in [-0.39, 0.29) is 24.8 Å². The van der Waals surface area contributed by atoms with E-state index < -0.39 is 0 Å². The molecule has 0 radical (unpaired) electrons. The molecule has 4 rings (SSSR count). The molecule has 0 bridgehead atoms. The maximum atomic E-state index is 5.78. The second-order valence-corrected chi connectivity index (χ2v) is 11.6. The quantitative estimate of drug-likeness (QED) is 0.0819. The topological polar surface area (TPSA) is 63.1 Å². The smallest absolute Gasteiger partial charge is 0.184 e. The summed E-state index contributed by atoms with van der Waals surface area (Å²) >= 11 is 10.8. The molecule has 0 saturated carbocycles. The molecule has 0 unspecified atom stereocenters. The Kier molecular flexibility index (Phi) is 27.4. The minimum absolute atomic E-state index is 0. The zero-order valence-corrected chi connectivity index (χ0v) is 30.3. The van der Waals surface area contributed by atoms with Crippen LogP contribution in [0.5, 0.6) is 0 Å². The van der Waals surface area contributed by atoms with Gasteiger partial charge in [-0.15, -0.1) is 23.2 Å². The normalized spacial score (nSPS) is 13.4. The van der Waals surface area contributed by atoms with Gasteiger partial charge in [0, 0.05) is 47.9 Å². The van der Waals surface area contributed by atoms with Crippen LogP contribution in [0.25, 0.3) is 0 Å². The molecule has 0 N–H and O–H groups in total. The van der Waals surface area contributed by atoms with Crippen LogP contribution in [0.4, 0.5) is 0 Å². The van der Waals surface area contributed by atoms with Crippen LogP contribution in [-0.4, -0.2) is 91.0 Å². The van der Waals surface area contributed by atoms with E-state index in [1.54, 1.807) is 0 Å². The SMILES string of the molecule is ClCCOCCOCCOCCCl.[Cl-].[Cl-].c1cc2c([n+](CCOCCOCCOCC[n+]3cccc4c3CCCC4)c1)CCCC2. The summed E-state index contributed by atoms with van der Waals surface area (Å²) in [4.78, 5) is 0. The molecular weight excluding hydrogens is 674 g/mol. The summed E-state index contributed by atoms with van der Waals surface area (Å²) in [5.74, 6) is 1.05. The molecule has 46 heavy (non-hydrogen) atoms. The molecule has 2 aliphatic rings. The Labute approximate surface area is 299 Å². The van der Waals surface area contributed by atoms with E-state index in [0.717, 1.165) is 26.3 Å². The van der Waals surface area contributed by atoms with Crippen molar-refractivity contribution in [2.75, 3.05) is 91.0 Å². The van der Waals surface area contributed by atoms with Gasteiger partial charge in [-0.1, -0.05) is 0 Å². The van der Waals surface area contributed by atoms with E-state index in [1.807, 2.05) is 0 Å². The predicted molar refractivity (Wildman–Crippen MR) is 173 cm³/mol. The molecule has 2 aromatic rings. The lowest BCUT2D eigenvalue weighted by Gasteiger charge is -2.14. The number of nitrogens with zero attached hydrogens (tertiary/aromatic N) is 2. The van der Waals surface area contributed by atoms with E-state index in [4.69, 9.17) is 51.6 Å². The first-order valence-corrected chi connectivity index (χ1v) is 17.5. The zero-order chi connectivity index (χ0) is 30.9. The number of aromatic nitrogens is 2. The van der Waals surface area contributed by atoms with Crippen molar-refractivity contribution < 1.29 is 62.4 Å². The number of rotatable bonds is 22. The van der Waals surface area contributed by atoms with Crippen molar-refractivity contribution in [1.82, 2.24) is 0 Å². The fourth-order valence-electron chi connectivity index (χ4n) is 5.48. The Morgan fingerprint density at radius 1 is 0.457 bits per heavy atom. The zero-order valence-electron chi connectivity index (χ0n) is 27.3. The number of ether oxygens (including phenoxy) is 6. The third-order valence-electron chi connectivity index (χ3n) is 7.67. The lowest BCUT2D eigenvalue weighted by molar-refractivity contribution is -0.706. The fraction of sp³-hybridized carbons (Fsp3) is 0.706. The van der Waals surface area contributed by atoms with Crippen LogP contribution in [-0.2, 0) is 67.2 Å². The van der Waals surface area contributed by atoms with Crippen LogP contribution in [0.2, 0.25) is 0 Å². The maximum Gasteiger partial charge on any atom is 0.184 e. The van der Waals surface area contributed by atoms with Crippen LogP contribution < -0.4 is 33.9 Å². The van der Waals surface area contributed by atoms with Crippen molar-refractivity contribution in [3.8, 4) is 0 Å². The molecule has 0 aliphatic heterocycles. The summed E-state index contributed by atoms with van der Waals surface area (Å²) < 4.78 is 37.3. The molecule has 0 amide bonds. The van der Waals surface area contributed by atoms with Gasteiger partial charge in [-0.25, -0.2) is 0 Å². The minimum Gasteiger partial charge on any atom is -1.00 e. The van der Waals surface area contributed by atoms with Gasteiger partial charge >= 0.3 is 0 Å². The number of alkyl halides is 2. The second-order valence-electron chi connectivity index (χ2n) is 10.8. The van der Waals surface area contributed by atoms with Crippen molar-refractivity contribution in [1.29, 1.82) is 0 Å². The molecule has 0 saturated heterocycles. The number of hydrogen-bond acceptors (Lipinski definition) is 6. The molecule has 2 heterocycles. The van der Waals surface area contributed by atoms with Crippen LogP contribution in [0, 0.1) is 0 Å². The van der Waals surface area contributed by atoms with E-state index in [9.17, 15) is 0 Å². The third-order valence-corrected chi connectivity index (χ3v) is 7.97. The summed E-state index contributed by atoms with van der Waals surface area (Å²) in [6, 6.07) is 8.87. The van der Waals surface area contributed by atoms with E-state index in [2.05, 4.69) is 45.8 Å². The molecule has 12 heteroatoms. The van der Waals surface area contributed by atoms with Gasteiger partial charge in [-0.05, 0) is 50.7 Å². The Morgan fingerprint density at radius 2 is 0.783 bits per heavy atom. The summed E-state index contributed by atoms with van der Waals surface area (Å²) in [5.41, 5.74) is 6.03. The molecule has 264 valence electrons. The summed E-state index contributed by atoms with van der Waals surface area (Å²) in [7, 11) is 0. The first-order chi connectivity index (χ1) is 21.8. The third kappa shape index (κ3) is 18.1. The van der Waals surface area contributed by atoms with Crippen LogP contribution in [0.15, 0.2) is 36.7 Å². The van der Waals surface area contributed by atoms with Gasteiger partial charge in [0.15, 0.2) is 36.9 Å². The Hall–Kier alpha value is -0.780. The van der Waals surface area contributed by atoms with E-state index in [1.165, 1.54) is 73.9 Å². The Balaban J connectivity index is 0.000000605. The van der Waals surface area contributed by atoms with Gasteiger partial charge in [-0.3, -0.25) is 0 Å². The highest BCUT2D eigenvalue weighted by Crippen LogP contribution is 2.18. The summed E-state index contributed by atoms with van der Waals surface area (Å²) in [6.45, 7) is 9.35. The molecule has 2 aromatic heterocycles. The standard InChI is InChI=1S/C26H38N2O3.C8H16Cl2O3.2ClH/c1-3-11-25-23(7-1)9-5-13-27(25)15-17-29-19-21-31-22-20-30-18-16-28-14-6-10-24-8-2-4-12-26(24)28;9-1-3-11-5-7-13-8-6-12-4-2-10;;/h5-6,9-10,13-14H,1-4,7-8,11-12,15-22H2;1-8H2;2*1H/q+2;;;/p-2. The van der Waals surface area contributed by atoms with Crippen molar-refractivity contribution in [2.24, 2.45) is 0 Å². The lowest BCUT2D eigenvalue weighted by Crippen LogP contribution is -3.00. The average molecular weight is 729 g/mol. The van der Waals surface area contributed by atoms with Crippen LogP contribution in [0.3, 0.4) is 0 Å². The Morgan fingerprint density at radius 3 is 1.15 bits per heavy atom. The fourth-order valence-corrected chi connectivity index (χ4v) is 5.70. The average Bonchev–Trinajstić information content (AvgIpc) is 3.07. The monoisotopic (exact) mass is 726 g/mol. The maximum absolute atomic E-state index is 5.78. The predicted octanol–water partition coefficient (Wildman–Crippen LogP) is -1.71. The van der Waals surface area contributed by atoms with Gasteiger partial charge in [-0.2, -0.15) is 9.13 Å². The highest BCUT2D eigenvalue weighted by Gasteiger charge is 2.20. The van der Waals surface area contributed by atoms with E-state index >= 15 is 0 Å². The number of pyridine rings is 2. The first-order valence-electron chi connectivity index (χ1n) is 16.4. The molecule has 0 aromatic carbocycles. The molecule has 2 aliphatic carbocycles. The molecule has 0 fully saturated rings. The molecule has 0 spiro atoms. The van der Waals surface area contributed by atoms with Gasteiger partial charge in [0.05, 0.1) is 66.1 Å². The number of hydrogen-bond donors (Lipinski definition) is 0. The van der Waals surface area contributed by atoms with Crippen molar-refractivity contribution in [3.05, 3.63) is 59.2 Å². The van der Waals surface area contributed by atoms with Gasteiger partial charge < -0.3 is 53.2 Å². The van der Waals surface area contributed by atoms with Crippen molar-refractivity contribution >= 4 is 23.2 Å². The number of halogens is 4. The highest BCUT2D eigenvalue weighted by molar-refractivity contribution is 6.18. The lowest BCUT2D eigenvalue weighted by atomic mass is 9.96. The van der Waals surface area contributed by atoms with Gasteiger partial charge in [0.1, 0.15) is 13.2 Å². The summed E-state index contributed by atoms with van der Waals surface area (Å²) in [5, 5.41) is 0. The number of fused-ring (bicyclic) bond motifs is 2. The van der Waals surface area contributed by atoms with Crippen molar-refractivity contribution in [3.63, 3.8) is 0 Å². The van der Waals surface area contributed by atoms with Gasteiger partial charge in [0.2, 0.25) is 0 Å². The van der Waals surface area contributed by atoms with Gasteiger partial charge in [0.25, 0.3) is 0 Å². The Bertz CT molecular complexity index is 946. The molecule has 0 atom stereocenters. The second kappa shape index (κ2) is 29.2. The molecular formula is C34H54Cl4N2O6. The minimum atomic E-state index is 0. The first kappa shape index (κ1) is 43.2. The number of aryl methyl sites for hydroxylation is 2.